The van der Waals surface area contributed by atoms with E-state index in [1.165, 1.54) is 6.92 Å². The molecule has 7 heteroatoms. The van der Waals surface area contributed by atoms with Crippen LogP contribution in [0.2, 0.25) is 0 Å². The predicted octanol–water partition coefficient (Wildman–Crippen LogP) is 3.31. The molecule has 2 N–H and O–H groups in total. The van der Waals surface area contributed by atoms with E-state index >= 15 is 0 Å². The fourth-order valence-electron chi connectivity index (χ4n) is 3.12. The molecule has 0 bridgehead atoms. The second-order valence-electron chi connectivity index (χ2n) is 7.14. The topological polar surface area (TPSA) is 93.1 Å². The Morgan fingerprint density at radius 1 is 0.966 bits per heavy atom. The summed E-state index contributed by atoms with van der Waals surface area (Å²) in [7, 11) is 0. The maximum absolute atomic E-state index is 12.6. The number of carbonyl (C=O) groups excluding carboxylic acids is 2. The number of rotatable bonds is 5. The summed E-state index contributed by atoms with van der Waals surface area (Å²) in [6, 6.07) is 10.8. The molecule has 0 unspecified atom stereocenters. The SMILES string of the molecule is CC(=O)Nc1ccc(NC(=O)CCn2c(=O)c(C)nc3cc(C)c(C)cc32)cc1. The first kappa shape index (κ1) is 20.3. The lowest BCUT2D eigenvalue weighted by Gasteiger charge is -2.13. The summed E-state index contributed by atoms with van der Waals surface area (Å²) in [6.45, 7) is 7.37. The van der Waals surface area contributed by atoms with Gasteiger partial charge >= 0.3 is 0 Å². The van der Waals surface area contributed by atoms with E-state index in [9.17, 15) is 14.4 Å². The molecule has 0 atom stereocenters. The number of aromatic nitrogens is 2. The lowest BCUT2D eigenvalue weighted by molar-refractivity contribution is -0.116. The third-order valence-corrected chi connectivity index (χ3v) is 4.78. The summed E-state index contributed by atoms with van der Waals surface area (Å²) >= 11 is 0. The largest absolute Gasteiger partial charge is 0.326 e. The van der Waals surface area contributed by atoms with E-state index in [0.717, 1.165) is 22.2 Å². The van der Waals surface area contributed by atoms with E-state index in [1.54, 1.807) is 35.8 Å². The fourth-order valence-corrected chi connectivity index (χ4v) is 3.12. The number of hydrogen-bond donors (Lipinski definition) is 2. The first-order valence-electron chi connectivity index (χ1n) is 9.40. The Morgan fingerprint density at radius 2 is 1.55 bits per heavy atom. The minimum absolute atomic E-state index is 0.152. The van der Waals surface area contributed by atoms with Crippen molar-refractivity contribution in [3.05, 3.63) is 63.6 Å². The van der Waals surface area contributed by atoms with Crippen LogP contribution in [0.5, 0.6) is 0 Å². The predicted molar refractivity (Wildman–Crippen MR) is 114 cm³/mol. The van der Waals surface area contributed by atoms with Crippen molar-refractivity contribution in [2.75, 3.05) is 10.6 Å². The van der Waals surface area contributed by atoms with Crippen molar-refractivity contribution in [1.82, 2.24) is 9.55 Å². The monoisotopic (exact) mass is 392 g/mol. The molecule has 0 spiro atoms. The van der Waals surface area contributed by atoms with Gasteiger partial charge in [0, 0.05) is 31.3 Å². The van der Waals surface area contributed by atoms with Gasteiger partial charge in [-0.3, -0.25) is 14.4 Å². The van der Waals surface area contributed by atoms with Gasteiger partial charge in [0.2, 0.25) is 11.8 Å². The second kappa shape index (κ2) is 8.26. The van der Waals surface area contributed by atoms with E-state index < -0.39 is 0 Å². The third-order valence-electron chi connectivity index (χ3n) is 4.78. The molecule has 0 fully saturated rings. The Labute approximate surface area is 168 Å². The number of anilines is 2. The zero-order chi connectivity index (χ0) is 21.1. The maximum atomic E-state index is 12.6. The van der Waals surface area contributed by atoms with Crippen LogP contribution >= 0.6 is 0 Å². The Balaban J connectivity index is 1.75. The van der Waals surface area contributed by atoms with Crippen molar-refractivity contribution in [3.63, 3.8) is 0 Å². The number of amides is 2. The molecule has 29 heavy (non-hydrogen) atoms. The summed E-state index contributed by atoms with van der Waals surface area (Å²) in [5, 5.41) is 5.49. The van der Waals surface area contributed by atoms with Gasteiger partial charge in [0.1, 0.15) is 5.69 Å². The summed E-state index contributed by atoms with van der Waals surface area (Å²) < 4.78 is 1.61. The summed E-state index contributed by atoms with van der Waals surface area (Å²) in [6.07, 6.45) is 0.152. The number of hydrogen-bond acceptors (Lipinski definition) is 4. The van der Waals surface area contributed by atoms with Crippen LogP contribution in [-0.4, -0.2) is 21.4 Å². The summed E-state index contributed by atoms with van der Waals surface area (Å²) in [5.41, 5.74) is 5.17. The van der Waals surface area contributed by atoms with Crippen LogP contribution < -0.4 is 16.2 Å². The van der Waals surface area contributed by atoms with Crippen molar-refractivity contribution >= 4 is 34.2 Å². The molecule has 0 saturated heterocycles. The van der Waals surface area contributed by atoms with E-state index in [-0.39, 0.29) is 30.3 Å². The summed E-state index contributed by atoms with van der Waals surface area (Å²) in [5.74, 6) is -0.354. The van der Waals surface area contributed by atoms with Crippen LogP contribution in [0.15, 0.2) is 41.2 Å². The number of nitrogens with zero attached hydrogens (tertiary/aromatic N) is 2. The Bertz CT molecular complexity index is 1150. The molecule has 0 aliphatic heterocycles. The van der Waals surface area contributed by atoms with E-state index in [0.29, 0.717) is 17.1 Å². The van der Waals surface area contributed by atoms with Crippen LogP contribution in [0.1, 0.15) is 30.2 Å². The maximum Gasteiger partial charge on any atom is 0.272 e. The highest BCUT2D eigenvalue weighted by atomic mass is 16.2. The second-order valence-corrected chi connectivity index (χ2v) is 7.14. The highest BCUT2D eigenvalue weighted by Crippen LogP contribution is 2.18. The minimum Gasteiger partial charge on any atom is -0.326 e. The van der Waals surface area contributed by atoms with E-state index in [1.807, 2.05) is 26.0 Å². The molecule has 1 heterocycles. The number of fused-ring (bicyclic) bond motifs is 1. The first-order valence-corrected chi connectivity index (χ1v) is 9.40. The van der Waals surface area contributed by atoms with Crippen LogP contribution in [0, 0.1) is 20.8 Å². The number of benzene rings is 2. The van der Waals surface area contributed by atoms with Gasteiger partial charge in [0.05, 0.1) is 11.0 Å². The van der Waals surface area contributed by atoms with E-state index in [2.05, 4.69) is 15.6 Å². The molecular formula is C22H24N4O3. The number of aryl methyl sites for hydroxylation is 4. The van der Waals surface area contributed by atoms with Crippen LogP contribution in [0.3, 0.4) is 0 Å². The zero-order valence-corrected chi connectivity index (χ0v) is 17.0. The van der Waals surface area contributed by atoms with Gasteiger partial charge in [-0.1, -0.05) is 0 Å². The molecule has 2 aromatic carbocycles. The fraction of sp³-hybridized carbons (Fsp3) is 0.273. The van der Waals surface area contributed by atoms with E-state index in [4.69, 9.17) is 0 Å². The van der Waals surface area contributed by atoms with Gasteiger partial charge in [-0.25, -0.2) is 4.98 Å². The van der Waals surface area contributed by atoms with Gasteiger partial charge < -0.3 is 15.2 Å². The first-order chi connectivity index (χ1) is 13.7. The molecule has 0 aliphatic rings. The Kier molecular flexibility index (Phi) is 5.77. The van der Waals surface area contributed by atoms with Crippen molar-refractivity contribution < 1.29 is 9.59 Å². The van der Waals surface area contributed by atoms with Crippen LogP contribution in [0.25, 0.3) is 11.0 Å². The molecule has 150 valence electrons. The van der Waals surface area contributed by atoms with Gasteiger partial charge in [0.25, 0.3) is 5.56 Å². The van der Waals surface area contributed by atoms with Crippen molar-refractivity contribution in [2.24, 2.45) is 0 Å². The molecule has 1 aromatic heterocycles. The molecule has 0 aliphatic carbocycles. The normalized spacial score (nSPS) is 10.8. The van der Waals surface area contributed by atoms with Crippen LogP contribution in [-0.2, 0) is 16.1 Å². The molecular weight excluding hydrogens is 368 g/mol. The Hall–Kier alpha value is -3.48. The van der Waals surface area contributed by atoms with Gasteiger partial charge in [-0.2, -0.15) is 0 Å². The van der Waals surface area contributed by atoms with Crippen LogP contribution in [0.4, 0.5) is 11.4 Å². The number of nitrogens with one attached hydrogen (secondary N) is 2. The lowest BCUT2D eigenvalue weighted by Crippen LogP contribution is -2.26. The Morgan fingerprint density at radius 3 is 2.17 bits per heavy atom. The van der Waals surface area contributed by atoms with Gasteiger partial charge in [-0.15, -0.1) is 0 Å². The zero-order valence-electron chi connectivity index (χ0n) is 17.0. The highest BCUT2D eigenvalue weighted by Gasteiger charge is 2.11. The van der Waals surface area contributed by atoms with Crippen molar-refractivity contribution in [1.29, 1.82) is 0 Å². The molecule has 3 aromatic rings. The summed E-state index contributed by atoms with van der Waals surface area (Å²) in [4.78, 5) is 40.5. The average molecular weight is 392 g/mol. The minimum atomic E-state index is -0.198. The smallest absolute Gasteiger partial charge is 0.272 e. The van der Waals surface area contributed by atoms with Gasteiger partial charge in [-0.05, 0) is 68.3 Å². The number of carbonyl (C=O) groups is 2. The van der Waals surface area contributed by atoms with Crippen molar-refractivity contribution in [3.8, 4) is 0 Å². The molecule has 0 saturated carbocycles. The molecule has 2 amide bonds. The molecule has 3 rings (SSSR count). The standard InChI is InChI=1S/C22H24N4O3/c1-13-11-19-20(12-14(13)2)26(22(29)15(3)23-19)10-9-21(28)25-18-7-5-17(6-8-18)24-16(4)27/h5-8,11-12H,9-10H2,1-4H3,(H,24,27)(H,25,28). The highest BCUT2D eigenvalue weighted by molar-refractivity contribution is 5.92. The lowest BCUT2D eigenvalue weighted by atomic mass is 10.1. The molecule has 0 radical (unpaired) electrons. The third kappa shape index (κ3) is 4.68. The molecule has 7 nitrogen and oxygen atoms in total. The average Bonchev–Trinajstić information content (AvgIpc) is 2.65. The van der Waals surface area contributed by atoms with Gasteiger partial charge in [0.15, 0.2) is 0 Å². The van der Waals surface area contributed by atoms with Crippen molar-refractivity contribution in [2.45, 2.75) is 40.7 Å². The quantitative estimate of drug-likeness (QED) is 0.697.